The van der Waals surface area contributed by atoms with Gasteiger partial charge in [0.25, 0.3) is 0 Å². The molecule has 0 aliphatic heterocycles. The molecule has 0 radical (unpaired) electrons. The second-order valence-corrected chi connectivity index (χ2v) is 5.30. The summed E-state index contributed by atoms with van der Waals surface area (Å²) >= 11 is 5.66. The zero-order valence-electron chi connectivity index (χ0n) is 9.98. The van der Waals surface area contributed by atoms with Crippen LogP contribution in [0.15, 0.2) is 6.07 Å². The van der Waals surface area contributed by atoms with Crippen LogP contribution < -0.4 is 5.73 Å². The lowest BCUT2D eigenvalue weighted by Crippen LogP contribution is -2.39. The van der Waals surface area contributed by atoms with Crippen LogP contribution in [0.3, 0.4) is 0 Å². The van der Waals surface area contributed by atoms with E-state index in [1.165, 1.54) is 0 Å². The number of nitrogens with two attached hydrogens (primary N) is 1. The number of benzene rings is 1. The van der Waals surface area contributed by atoms with Gasteiger partial charge in [0.2, 0.25) is 0 Å². The molecule has 1 fully saturated rings. The molecule has 0 aromatic heterocycles. The third-order valence-electron chi connectivity index (χ3n) is 3.87. The number of rotatable bonds is 2. The van der Waals surface area contributed by atoms with E-state index < -0.39 is 27.8 Å². The third kappa shape index (κ3) is 2.08. The van der Waals surface area contributed by atoms with Crippen LogP contribution in [0.1, 0.15) is 37.7 Å². The molecule has 1 aliphatic rings. The van der Waals surface area contributed by atoms with E-state index in [4.69, 9.17) is 17.3 Å². The maximum Gasteiger partial charge on any atom is 0.152 e. The Hall–Kier alpha value is -0.870. The molecular formula is C13H16ClF2NO. The fourth-order valence-corrected chi connectivity index (χ4v) is 3.00. The Morgan fingerprint density at radius 3 is 2.44 bits per heavy atom. The summed E-state index contributed by atoms with van der Waals surface area (Å²) in [6, 6.07) is 0.868. The fourth-order valence-electron chi connectivity index (χ4n) is 2.85. The Morgan fingerprint density at radius 1 is 1.28 bits per heavy atom. The Kier molecular flexibility index (Phi) is 3.78. The fraction of sp³-hybridized carbons (Fsp3) is 0.538. The quantitative estimate of drug-likeness (QED) is 0.812. The van der Waals surface area contributed by atoms with Gasteiger partial charge in [-0.1, -0.05) is 30.9 Å². The summed E-state index contributed by atoms with van der Waals surface area (Å²) in [4.78, 5) is 0. The molecule has 0 saturated heterocycles. The number of phenols is 1. The van der Waals surface area contributed by atoms with Gasteiger partial charge in [0.1, 0.15) is 16.6 Å². The molecule has 0 heterocycles. The highest BCUT2D eigenvalue weighted by molar-refractivity contribution is 6.32. The van der Waals surface area contributed by atoms with Gasteiger partial charge in [-0.3, -0.25) is 0 Å². The van der Waals surface area contributed by atoms with Gasteiger partial charge in [-0.2, -0.15) is 0 Å². The molecule has 0 atom stereocenters. The molecule has 0 spiro atoms. The van der Waals surface area contributed by atoms with E-state index in [0.717, 1.165) is 25.3 Å². The molecule has 2 nitrogen and oxygen atoms in total. The Morgan fingerprint density at radius 2 is 1.89 bits per heavy atom. The number of hydrogen-bond acceptors (Lipinski definition) is 2. The molecule has 100 valence electrons. The molecule has 0 unspecified atom stereocenters. The maximum atomic E-state index is 14.2. The second-order valence-electron chi connectivity index (χ2n) is 4.93. The van der Waals surface area contributed by atoms with Crippen molar-refractivity contribution in [3.05, 3.63) is 28.3 Å². The highest BCUT2D eigenvalue weighted by Gasteiger charge is 2.38. The van der Waals surface area contributed by atoms with E-state index >= 15 is 0 Å². The molecule has 2 rings (SSSR count). The largest absolute Gasteiger partial charge is 0.506 e. The summed E-state index contributed by atoms with van der Waals surface area (Å²) in [5.74, 6) is -2.21. The number of phenolic OH excluding ortho intramolecular Hbond substituents is 1. The summed E-state index contributed by atoms with van der Waals surface area (Å²) in [5.41, 5.74) is 5.00. The van der Waals surface area contributed by atoms with E-state index in [9.17, 15) is 13.9 Å². The van der Waals surface area contributed by atoms with Crippen molar-refractivity contribution in [1.29, 1.82) is 0 Å². The van der Waals surface area contributed by atoms with Crippen molar-refractivity contribution in [2.45, 2.75) is 37.5 Å². The van der Waals surface area contributed by atoms with Gasteiger partial charge >= 0.3 is 0 Å². The lowest BCUT2D eigenvalue weighted by Gasteiger charge is -2.37. The first kappa shape index (κ1) is 13.6. The van der Waals surface area contributed by atoms with Crippen molar-refractivity contribution in [2.24, 2.45) is 5.73 Å². The van der Waals surface area contributed by atoms with Crippen molar-refractivity contribution in [3.63, 3.8) is 0 Å². The van der Waals surface area contributed by atoms with Crippen LogP contribution in [0, 0.1) is 11.6 Å². The van der Waals surface area contributed by atoms with Crippen molar-refractivity contribution in [1.82, 2.24) is 0 Å². The average Bonchev–Trinajstić information content (AvgIpc) is 2.37. The van der Waals surface area contributed by atoms with Gasteiger partial charge in [0, 0.05) is 23.6 Å². The number of halogens is 3. The van der Waals surface area contributed by atoms with Gasteiger partial charge in [-0.15, -0.1) is 0 Å². The zero-order chi connectivity index (χ0) is 13.3. The lowest BCUT2D eigenvalue weighted by molar-refractivity contribution is 0.280. The van der Waals surface area contributed by atoms with Crippen LogP contribution >= 0.6 is 11.6 Å². The minimum absolute atomic E-state index is 0.0625. The molecular weight excluding hydrogens is 260 g/mol. The van der Waals surface area contributed by atoms with E-state index in [1.54, 1.807) is 0 Å². The molecule has 1 saturated carbocycles. The summed E-state index contributed by atoms with van der Waals surface area (Å²) in [7, 11) is 0. The monoisotopic (exact) mass is 275 g/mol. The van der Waals surface area contributed by atoms with Crippen molar-refractivity contribution in [3.8, 4) is 5.75 Å². The minimum Gasteiger partial charge on any atom is -0.506 e. The predicted octanol–water partition coefficient (Wildman–Crippen LogP) is 3.48. The van der Waals surface area contributed by atoms with Crippen LogP contribution in [0.2, 0.25) is 5.02 Å². The van der Waals surface area contributed by atoms with E-state index in [0.29, 0.717) is 12.8 Å². The topological polar surface area (TPSA) is 46.2 Å². The van der Waals surface area contributed by atoms with Crippen LogP contribution in [-0.2, 0) is 5.41 Å². The Balaban J connectivity index is 2.58. The van der Waals surface area contributed by atoms with Gasteiger partial charge in [-0.25, -0.2) is 8.78 Å². The molecule has 5 heteroatoms. The Labute approximate surface area is 110 Å². The molecule has 1 aliphatic carbocycles. The zero-order valence-corrected chi connectivity index (χ0v) is 10.7. The molecule has 3 N–H and O–H groups in total. The van der Waals surface area contributed by atoms with Gasteiger partial charge in [0.05, 0.1) is 0 Å². The van der Waals surface area contributed by atoms with Crippen molar-refractivity contribution >= 4 is 11.6 Å². The first-order valence-corrected chi connectivity index (χ1v) is 6.46. The van der Waals surface area contributed by atoms with Gasteiger partial charge < -0.3 is 10.8 Å². The smallest absolute Gasteiger partial charge is 0.152 e. The molecule has 1 aromatic rings. The number of hydrogen-bond donors (Lipinski definition) is 2. The second kappa shape index (κ2) is 5.02. The summed E-state index contributed by atoms with van der Waals surface area (Å²) < 4.78 is 28.1. The molecule has 18 heavy (non-hydrogen) atoms. The average molecular weight is 276 g/mol. The normalized spacial score (nSPS) is 18.9. The van der Waals surface area contributed by atoms with Crippen molar-refractivity contribution < 1.29 is 13.9 Å². The minimum atomic E-state index is -0.874. The first-order chi connectivity index (χ1) is 8.52. The molecule has 1 aromatic carbocycles. The van der Waals surface area contributed by atoms with E-state index in [-0.39, 0.29) is 12.1 Å². The summed E-state index contributed by atoms with van der Waals surface area (Å²) in [5, 5.41) is 8.89. The molecule has 0 amide bonds. The predicted molar refractivity (Wildman–Crippen MR) is 66.9 cm³/mol. The molecule has 0 bridgehead atoms. The summed E-state index contributed by atoms with van der Waals surface area (Å²) in [6.45, 7) is 0.182. The standard InChI is InChI=1S/C13H16ClF2NO/c14-11-9(18)6-8(15)10(12(11)16)13(7-17)4-2-1-3-5-13/h6,18H,1-5,7,17H2. The van der Waals surface area contributed by atoms with Crippen LogP contribution in [0.4, 0.5) is 8.78 Å². The van der Waals surface area contributed by atoms with Gasteiger partial charge in [0.15, 0.2) is 5.82 Å². The first-order valence-electron chi connectivity index (χ1n) is 6.09. The van der Waals surface area contributed by atoms with E-state index in [1.807, 2.05) is 0 Å². The van der Waals surface area contributed by atoms with Crippen LogP contribution in [-0.4, -0.2) is 11.7 Å². The third-order valence-corrected chi connectivity index (χ3v) is 4.23. The van der Waals surface area contributed by atoms with Gasteiger partial charge in [-0.05, 0) is 12.8 Å². The highest BCUT2D eigenvalue weighted by atomic mass is 35.5. The van der Waals surface area contributed by atoms with E-state index in [2.05, 4.69) is 0 Å². The SMILES string of the molecule is NCC1(c2c(F)cc(O)c(Cl)c2F)CCCCC1. The Bertz CT molecular complexity index is 459. The summed E-state index contributed by atoms with van der Waals surface area (Å²) in [6.07, 6.45) is 4.15. The van der Waals surface area contributed by atoms with Crippen LogP contribution in [0.25, 0.3) is 0 Å². The van der Waals surface area contributed by atoms with Crippen molar-refractivity contribution in [2.75, 3.05) is 6.54 Å². The maximum absolute atomic E-state index is 14.2. The lowest BCUT2D eigenvalue weighted by atomic mass is 9.69. The van der Waals surface area contributed by atoms with Crippen LogP contribution in [0.5, 0.6) is 5.75 Å². The highest BCUT2D eigenvalue weighted by Crippen LogP contribution is 2.44. The number of aromatic hydroxyl groups is 1.